The number of aliphatic hydroxyl groups is 1. The second-order valence-corrected chi connectivity index (χ2v) is 2.14. The molecule has 0 fully saturated rings. The molecule has 0 unspecified atom stereocenters. The van der Waals surface area contributed by atoms with Gasteiger partial charge in [0.15, 0.2) is 0 Å². The number of aliphatic hydroxyl groups excluding tert-OH is 1. The number of carbonyl (C=O) groups is 1. The van der Waals surface area contributed by atoms with Crippen molar-refractivity contribution in [1.29, 1.82) is 0 Å². The second kappa shape index (κ2) is 7.34. The molecular formula is C7H15NO3. The molecule has 0 aliphatic heterocycles. The van der Waals surface area contributed by atoms with Gasteiger partial charge in [0, 0.05) is 13.2 Å². The molecule has 0 radical (unpaired) electrons. The zero-order valence-corrected chi connectivity index (χ0v) is 6.80. The maximum Gasteiger partial charge on any atom is 0.407 e. The van der Waals surface area contributed by atoms with Crippen LogP contribution in [0.5, 0.6) is 0 Å². The molecule has 0 saturated carbocycles. The van der Waals surface area contributed by atoms with Crippen molar-refractivity contribution in [2.75, 3.05) is 19.8 Å². The molecule has 2 N–H and O–H groups in total. The molecule has 0 aromatic heterocycles. The minimum absolute atomic E-state index is 0.0913. The smallest absolute Gasteiger partial charge is 0.407 e. The van der Waals surface area contributed by atoms with E-state index >= 15 is 0 Å². The number of alkyl carbamates (subject to hydrolysis) is 1. The van der Waals surface area contributed by atoms with E-state index in [1.807, 2.05) is 6.92 Å². The molecule has 0 aromatic carbocycles. The fourth-order valence-electron chi connectivity index (χ4n) is 0.515. The van der Waals surface area contributed by atoms with Crippen molar-refractivity contribution in [3.05, 3.63) is 0 Å². The summed E-state index contributed by atoms with van der Waals surface area (Å²) >= 11 is 0. The summed E-state index contributed by atoms with van der Waals surface area (Å²) in [6, 6.07) is 0. The van der Waals surface area contributed by atoms with Crippen molar-refractivity contribution in [3.8, 4) is 0 Å². The Labute approximate surface area is 66.5 Å². The predicted octanol–water partition coefficient (Wildman–Crippen LogP) is 0.505. The molecule has 0 aliphatic rings. The van der Waals surface area contributed by atoms with Crippen LogP contribution in [-0.4, -0.2) is 31.0 Å². The molecule has 1 amide bonds. The Kier molecular flexibility index (Phi) is 6.82. The Morgan fingerprint density at radius 3 is 2.91 bits per heavy atom. The van der Waals surface area contributed by atoms with Gasteiger partial charge in [-0.05, 0) is 12.8 Å². The highest BCUT2D eigenvalue weighted by molar-refractivity contribution is 5.66. The van der Waals surface area contributed by atoms with Gasteiger partial charge in [-0.3, -0.25) is 0 Å². The van der Waals surface area contributed by atoms with E-state index in [1.165, 1.54) is 0 Å². The Morgan fingerprint density at radius 2 is 2.36 bits per heavy atom. The van der Waals surface area contributed by atoms with Crippen LogP contribution in [0.3, 0.4) is 0 Å². The van der Waals surface area contributed by atoms with E-state index in [4.69, 9.17) is 9.84 Å². The van der Waals surface area contributed by atoms with E-state index in [0.29, 0.717) is 19.6 Å². The van der Waals surface area contributed by atoms with Crippen molar-refractivity contribution >= 4 is 6.09 Å². The van der Waals surface area contributed by atoms with Gasteiger partial charge in [0.25, 0.3) is 0 Å². The van der Waals surface area contributed by atoms with Gasteiger partial charge in [0.05, 0.1) is 6.61 Å². The van der Waals surface area contributed by atoms with Crippen LogP contribution >= 0.6 is 0 Å². The predicted molar refractivity (Wildman–Crippen MR) is 41.3 cm³/mol. The van der Waals surface area contributed by atoms with Gasteiger partial charge in [-0.1, -0.05) is 6.92 Å². The summed E-state index contributed by atoms with van der Waals surface area (Å²) in [5.41, 5.74) is 0. The minimum atomic E-state index is -0.402. The minimum Gasteiger partial charge on any atom is -0.450 e. The van der Waals surface area contributed by atoms with Crippen LogP contribution < -0.4 is 5.32 Å². The van der Waals surface area contributed by atoms with Crippen molar-refractivity contribution in [3.63, 3.8) is 0 Å². The highest BCUT2D eigenvalue weighted by Gasteiger charge is 1.97. The Balaban J connectivity index is 3.09. The second-order valence-electron chi connectivity index (χ2n) is 2.14. The van der Waals surface area contributed by atoms with Crippen molar-refractivity contribution in [1.82, 2.24) is 5.32 Å². The quantitative estimate of drug-likeness (QED) is 0.577. The zero-order chi connectivity index (χ0) is 8.53. The third-order valence-corrected chi connectivity index (χ3v) is 1.04. The molecule has 0 spiro atoms. The molecule has 0 rings (SSSR count). The molecule has 0 atom stereocenters. The van der Waals surface area contributed by atoms with Gasteiger partial charge < -0.3 is 15.2 Å². The third-order valence-electron chi connectivity index (χ3n) is 1.04. The van der Waals surface area contributed by atoms with Crippen molar-refractivity contribution in [2.24, 2.45) is 0 Å². The molecule has 4 heteroatoms. The highest BCUT2D eigenvalue weighted by Crippen LogP contribution is 1.81. The maximum atomic E-state index is 10.7. The number of rotatable bonds is 5. The number of hydrogen-bond acceptors (Lipinski definition) is 3. The zero-order valence-electron chi connectivity index (χ0n) is 6.80. The first kappa shape index (κ1) is 10.2. The fourth-order valence-corrected chi connectivity index (χ4v) is 0.515. The van der Waals surface area contributed by atoms with E-state index in [0.717, 1.165) is 6.42 Å². The molecule has 0 aliphatic carbocycles. The first-order valence-electron chi connectivity index (χ1n) is 3.82. The van der Waals surface area contributed by atoms with Crippen LogP contribution in [0.1, 0.15) is 19.8 Å². The van der Waals surface area contributed by atoms with E-state index in [-0.39, 0.29) is 6.61 Å². The number of nitrogens with one attached hydrogen (secondary N) is 1. The highest BCUT2D eigenvalue weighted by atomic mass is 16.5. The van der Waals surface area contributed by atoms with Gasteiger partial charge in [0.1, 0.15) is 0 Å². The van der Waals surface area contributed by atoms with Gasteiger partial charge >= 0.3 is 6.09 Å². The molecule has 11 heavy (non-hydrogen) atoms. The summed E-state index contributed by atoms with van der Waals surface area (Å²) in [6.07, 6.45) is 0.995. The van der Waals surface area contributed by atoms with Gasteiger partial charge in [0.2, 0.25) is 0 Å². The maximum absolute atomic E-state index is 10.7. The van der Waals surface area contributed by atoms with E-state index in [9.17, 15) is 4.79 Å². The summed E-state index contributed by atoms with van der Waals surface area (Å²) < 4.78 is 4.71. The first-order chi connectivity index (χ1) is 5.31. The number of carbonyl (C=O) groups excluding carboxylic acids is 1. The molecule has 4 nitrogen and oxygen atoms in total. The topological polar surface area (TPSA) is 58.6 Å². The summed E-state index contributed by atoms with van der Waals surface area (Å²) in [5.74, 6) is 0. The molecule has 0 aromatic rings. The van der Waals surface area contributed by atoms with Gasteiger partial charge in [-0.15, -0.1) is 0 Å². The normalized spacial score (nSPS) is 9.27. The summed E-state index contributed by atoms with van der Waals surface area (Å²) in [5, 5.41) is 10.9. The molecule has 0 heterocycles. The number of ether oxygens (including phenoxy) is 1. The van der Waals surface area contributed by atoms with E-state index < -0.39 is 6.09 Å². The molecule has 0 saturated heterocycles. The van der Waals surface area contributed by atoms with E-state index in [2.05, 4.69) is 5.32 Å². The standard InChI is InChI=1S/C7H15NO3/c1-2-6-11-7(10)8-4-3-5-9/h9H,2-6H2,1H3,(H,8,10). The van der Waals surface area contributed by atoms with Crippen LogP contribution in [0.2, 0.25) is 0 Å². The van der Waals surface area contributed by atoms with Gasteiger partial charge in [-0.25, -0.2) is 4.79 Å². The van der Waals surface area contributed by atoms with Crippen molar-refractivity contribution in [2.45, 2.75) is 19.8 Å². The first-order valence-corrected chi connectivity index (χ1v) is 3.82. The largest absolute Gasteiger partial charge is 0.450 e. The molecular weight excluding hydrogens is 146 g/mol. The summed E-state index contributed by atoms with van der Waals surface area (Å²) in [6.45, 7) is 2.94. The lowest BCUT2D eigenvalue weighted by molar-refractivity contribution is 0.145. The van der Waals surface area contributed by atoms with Crippen LogP contribution in [0.4, 0.5) is 4.79 Å². The van der Waals surface area contributed by atoms with Crippen LogP contribution in [0.25, 0.3) is 0 Å². The number of amides is 1. The van der Waals surface area contributed by atoms with Crippen molar-refractivity contribution < 1.29 is 14.6 Å². The van der Waals surface area contributed by atoms with Crippen LogP contribution in [0, 0.1) is 0 Å². The summed E-state index contributed by atoms with van der Waals surface area (Å²) in [7, 11) is 0. The lowest BCUT2D eigenvalue weighted by Crippen LogP contribution is -2.26. The van der Waals surface area contributed by atoms with Crippen LogP contribution in [0.15, 0.2) is 0 Å². The average Bonchev–Trinajstić information content (AvgIpc) is 2.01. The van der Waals surface area contributed by atoms with Crippen LogP contribution in [-0.2, 0) is 4.74 Å². The Morgan fingerprint density at radius 1 is 1.64 bits per heavy atom. The lowest BCUT2D eigenvalue weighted by Gasteiger charge is -2.03. The third kappa shape index (κ3) is 7.12. The Bertz CT molecular complexity index is 106. The molecule has 0 bridgehead atoms. The SMILES string of the molecule is CCCOC(=O)NCCCO. The van der Waals surface area contributed by atoms with E-state index in [1.54, 1.807) is 0 Å². The monoisotopic (exact) mass is 161 g/mol. The summed E-state index contributed by atoms with van der Waals surface area (Å²) in [4.78, 5) is 10.7. The fraction of sp³-hybridized carbons (Fsp3) is 0.857. The molecule has 66 valence electrons. The number of hydrogen-bond donors (Lipinski definition) is 2. The van der Waals surface area contributed by atoms with Gasteiger partial charge in [-0.2, -0.15) is 0 Å². The lowest BCUT2D eigenvalue weighted by atomic mass is 10.4. The Hall–Kier alpha value is -0.770. The average molecular weight is 161 g/mol.